The van der Waals surface area contributed by atoms with Crippen LogP contribution in [0.25, 0.3) is 0 Å². The van der Waals surface area contributed by atoms with Crippen LogP contribution in [0.3, 0.4) is 0 Å². The highest BCUT2D eigenvalue weighted by Gasteiger charge is 2.27. The zero-order chi connectivity index (χ0) is 11.4. The zero-order valence-electron chi connectivity index (χ0n) is 10.5. The van der Waals surface area contributed by atoms with E-state index in [1.165, 1.54) is 45.3 Å². The van der Waals surface area contributed by atoms with Crippen molar-refractivity contribution in [1.82, 2.24) is 4.90 Å². The van der Waals surface area contributed by atoms with Crippen molar-refractivity contribution >= 4 is 0 Å². The molecule has 3 heteroatoms. The number of rotatable bonds is 3. The highest BCUT2D eigenvalue weighted by atomic mass is 16.5. The normalized spacial score (nSPS) is 34.1. The predicted molar refractivity (Wildman–Crippen MR) is 66.4 cm³/mol. The molecule has 0 amide bonds. The summed E-state index contributed by atoms with van der Waals surface area (Å²) in [6.45, 7) is 7.89. The number of nitrogens with two attached hydrogens (primary N) is 1. The van der Waals surface area contributed by atoms with Crippen LogP contribution < -0.4 is 5.73 Å². The number of ether oxygens (including phenoxy) is 1. The molecule has 0 aromatic rings. The first-order valence-electron chi connectivity index (χ1n) is 6.85. The Morgan fingerprint density at radius 2 is 2.00 bits per heavy atom. The van der Waals surface area contributed by atoms with E-state index in [1.807, 2.05) is 0 Å². The monoisotopic (exact) mass is 226 g/mol. The van der Waals surface area contributed by atoms with Gasteiger partial charge in [-0.3, -0.25) is 0 Å². The fourth-order valence-corrected chi connectivity index (χ4v) is 3.02. The lowest BCUT2D eigenvalue weighted by Gasteiger charge is -2.38. The molecule has 0 saturated carbocycles. The van der Waals surface area contributed by atoms with Crippen LogP contribution in [0, 0.1) is 11.8 Å². The molecule has 0 bridgehead atoms. The van der Waals surface area contributed by atoms with Gasteiger partial charge in [0.15, 0.2) is 0 Å². The van der Waals surface area contributed by atoms with Crippen LogP contribution in [0.5, 0.6) is 0 Å². The summed E-state index contributed by atoms with van der Waals surface area (Å²) in [6.07, 6.45) is 4.91. The Hall–Kier alpha value is -0.120. The molecular weight excluding hydrogens is 200 g/mol. The molecule has 2 atom stereocenters. The quantitative estimate of drug-likeness (QED) is 0.792. The van der Waals surface area contributed by atoms with Gasteiger partial charge in [-0.1, -0.05) is 13.3 Å². The lowest BCUT2D eigenvalue weighted by molar-refractivity contribution is 0.0429. The fourth-order valence-electron chi connectivity index (χ4n) is 3.02. The first-order chi connectivity index (χ1) is 7.79. The van der Waals surface area contributed by atoms with E-state index in [0.29, 0.717) is 12.0 Å². The van der Waals surface area contributed by atoms with Gasteiger partial charge in [-0.15, -0.1) is 0 Å². The van der Waals surface area contributed by atoms with Crippen molar-refractivity contribution < 1.29 is 4.74 Å². The largest absolute Gasteiger partial charge is 0.381 e. The molecule has 2 heterocycles. The lowest BCUT2D eigenvalue weighted by atomic mass is 9.89. The second-order valence-corrected chi connectivity index (χ2v) is 5.44. The Labute approximate surface area is 99.3 Å². The van der Waals surface area contributed by atoms with Gasteiger partial charge in [0.2, 0.25) is 0 Å². The highest BCUT2D eigenvalue weighted by Crippen LogP contribution is 2.22. The first-order valence-corrected chi connectivity index (χ1v) is 6.85. The maximum Gasteiger partial charge on any atom is 0.0469 e. The number of likely N-dealkylation sites (tertiary alicyclic amines) is 1. The van der Waals surface area contributed by atoms with Crippen molar-refractivity contribution in [2.24, 2.45) is 17.6 Å². The Morgan fingerprint density at radius 1 is 1.25 bits per heavy atom. The molecule has 0 aliphatic carbocycles. The molecule has 16 heavy (non-hydrogen) atoms. The van der Waals surface area contributed by atoms with E-state index in [0.717, 1.165) is 19.1 Å². The minimum absolute atomic E-state index is 0.441. The van der Waals surface area contributed by atoms with Crippen molar-refractivity contribution in [3.8, 4) is 0 Å². The summed E-state index contributed by atoms with van der Waals surface area (Å²) in [7, 11) is 0. The van der Waals surface area contributed by atoms with Gasteiger partial charge in [0, 0.05) is 32.3 Å². The molecule has 2 rings (SSSR count). The summed E-state index contributed by atoms with van der Waals surface area (Å²) in [6, 6.07) is 0.441. The molecule has 0 spiro atoms. The average molecular weight is 226 g/mol. The van der Waals surface area contributed by atoms with Gasteiger partial charge in [-0.05, 0) is 37.6 Å². The van der Waals surface area contributed by atoms with Gasteiger partial charge in [0.1, 0.15) is 0 Å². The van der Waals surface area contributed by atoms with Gasteiger partial charge in [-0.25, -0.2) is 0 Å². The number of piperidine rings is 1. The smallest absolute Gasteiger partial charge is 0.0469 e. The number of nitrogens with zero attached hydrogens (tertiary/aromatic N) is 1. The van der Waals surface area contributed by atoms with Crippen LogP contribution in [-0.2, 0) is 4.74 Å². The molecule has 0 radical (unpaired) electrons. The Balaban J connectivity index is 1.76. The summed E-state index contributed by atoms with van der Waals surface area (Å²) in [5, 5.41) is 0. The van der Waals surface area contributed by atoms with Crippen LogP contribution in [0.1, 0.15) is 32.6 Å². The van der Waals surface area contributed by atoms with Gasteiger partial charge in [-0.2, -0.15) is 0 Å². The summed E-state index contributed by atoms with van der Waals surface area (Å²) < 4.78 is 5.41. The zero-order valence-corrected chi connectivity index (χ0v) is 10.5. The van der Waals surface area contributed by atoms with Gasteiger partial charge >= 0.3 is 0 Å². The van der Waals surface area contributed by atoms with Crippen LogP contribution in [-0.4, -0.2) is 43.8 Å². The molecule has 2 saturated heterocycles. The molecule has 0 aromatic heterocycles. The van der Waals surface area contributed by atoms with Crippen LogP contribution in [0.4, 0.5) is 0 Å². The summed E-state index contributed by atoms with van der Waals surface area (Å²) >= 11 is 0. The molecule has 2 aliphatic heterocycles. The third kappa shape index (κ3) is 3.19. The van der Waals surface area contributed by atoms with E-state index in [-0.39, 0.29) is 0 Å². The minimum Gasteiger partial charge on any atom is -0.381 e. The second kappa shape index (κ2) is 5.99. The SMILES string of the molecule is CCC1CN(CC2CCOCC2)CCC1N. The summed E-state index contributed by atoms with van der Waals surface area (Å²) in [5.74, 6) is 1.58. The maximum absolute atomic E-state index is 6.14. The van der Waals surface area contributed by atoms with Gasteiger partial charge < -0.3 is 15.4 Å². The van der Waals surface area contributed by atoms with Crippen molar-refractivity contribution in [1.29, 1.82) is 0 Å². The molecule has 94 valence electrons. The fraction of sp³-hybridized carbons (Fsp3) is 1.00. The topological polar surface area (TPSA) is 38.5 Å². The van der Waals surface area contributed by atoms with Crippen molar-refractivity contribution in [2.45, 2.75) is 38.6 Å². The minimum atomic E-state index is 0.441. The van der Waals surface area contributed by atoms with E-state index >= 15 is 0 Å². The second-order valence-electron chi connectivity index (χ2n) is 5.44. The van der Waals surface area contributed by atoms with Crippen molar-refractivity contribution in [2.75, 3.05) is 32.8 Å². The van der Waals surface area contributed by atoms with E-state index in [4.69, 9.17) is 10.5 Å². The molecule has 0 aromatic carbocycles. The van der Waals surface area contributed by atoms with Crippen LogP contribution in [0.15, 0.2) is 0 Å². The molecule has 2 aliphatic rings. The van der Waals surface area contributed by atoms with E-state index in [1.54, 1.807) is 0 Å². The Morgan fingerprint density at radius 3 is 2.69 bits per heavy atom. The summed E-state index contributed by atoms with van der Waals surface area (Å²) in [5.41, 5.74) is 6.14. The van der Waals surface area contributed by atoms with Gasteiger partial charge in [0.05, 0.1) is 0 Å². The van der Waals surface area contributed by atoms with E-state index in [9.17, 15) is 0 Å². The van der Waals surface area contributed by atoms with Crippen molar-refractivity contribution in [3.63, 3.8) is 0 Å². The number of hydrogen-bond acceptors (Lipinski definition) is 3. The van der Waals surface area contributed by atoms with Crippen LogP contribution >= 0.6 is 0 Å². The third-order valence-corrected chi connectivity index (χ3v) is 4.26. The molecule has 3 nitrogen and oxygen atoms in total. The van der Waals surface area contributed by atoms with Gasteiger partial charge in [0.25, 0.3) is 0 Å². The number of hydrogen-bond donors (Lipinski definition) is 1. The standard InChI is InChI=1S/C13H26N2O/c1-2-12-10-15(6-3-13(12)14)9-11-4-7-16-8-5-11/h11-13H,2-10,14H2,1H3. The predicted octanol–water partition coefficient (Wildman–Crippen LogP) is 1.47. The lowest BCUT2D eigenvalue weighted by Crippen LogP contribution is -2.48. The van der Waals surface area contributed by atoms with E-state index < -0.39 is 0 Å². The first kappa shape index (κ1) is 12.3. The van der Waals surface area contributed by atoms with Crippen molar-refractivity contribution in [3.05, 3.63) is 0 Å². The molecule has 2 unspecified atom stereocenters. The maximum atomic E-state index is 6.14. The highest BCUT2D eigenvalue weighted by molar-refractivity contribution is 4.83. The Bertz CT molecular complexity index is 204. The molecule has 2 fully saturated rings. The average Bonchev–Trinajstić information content (AvgIpc) is 2.33. The van der Waals surface area contributed by atoms with E-state index in [2.05, 4.69) is 11.8 Å². The summed E-state index contributed by atoms with van der Waals surface area (Å²) in [4.78, 5) is 2.63. The Kier molecular flexibility index (Phi) is 4.62. The third-order valence-electron chi connectivity index (χ3n) is 4.26. The molecule has 2 N–H and O–H groups in total. The molecular formula is C13H26N2O. The van der Waals surface area contributed by atoms with Crippen LogP contribution in [0.2, 0.25) is 0 Å².